The van der Waals surface area contributed by atoms with Gasteiger partial charge in [-0.3, -0.25) is 4.79 Å². The summed E-state index contributed by atoms with van der Waals surface area (Å²) in [6, 6.07) is 3.36. The summed E-state index contributed by atoms with van der Waals surface area (Å²) < 4.78 is 0. The van der Waals surface area contributed by atoms with Gasteiger partial charge >= 0.3 is 5.97 Å². The van der Waals surface area contributed by atoms with Crippen LogP contribution in [0.25, 0.3) is 0 Å². The Hall–Kier alpha value is -1.56. The van der Waals surface area contributed by atoms with Gasteiger partial charge in [-0.2, -0.15) is 0 Å². The third-order valence-corrected chi connectivity index (χ3v) is 4.81. The standard InChI is InChI=1S/C15H20N2O3S/c1-10-5-7-15(8-6-10,14(19)20)17-12(18)11-4-3-9-16-13(11)21-2/h3-4,9-10H,5-8H2,1-2H3,(H,17,18)(H,19,20). The molecule has 1 amide bonds. The van der Waals surface area contributed by atoms with Crippen LogP contribution in [0.15, 0.2) is 23.4 Å². The summed E-state index contributed by atoms with van der Waals surface area (Å²) in [5.74, 6) is -0.795. The van der Waals surface area contributed by atoms with Gasteiger partial charge in [-0.25, -0.2) is 9.78 Å². The molecule has 1 aromatic heterocycles. The van der Waals surface area contributed by atoms with Gasteiger partial charge in [0.1, 0.15) is 10.6 Å². The van der Waals surface area contributed by atoms with Crippen LogP contribution in [-0.4, -0.2) is 33.8 Å². The van der Waals surface area contributed by atoms with Crippen molar-refractivity contribution in [3.63, 3.8) is 0 Å². The van der Waals surface area contributed by atoms with E-state index in [1.165, 1.54) is 11.8 Å². The van der Waals surface area contributed by atoms with Crippen molar-refractivity contribution < 1.29 is 14.7 Å². The molecular formula is C15H20N2O3S. The number of carbonyl (C=O) groups is 2. The molecule has 0 aromatic carbocycles. The molecular weight excluding hydrogens is 288 g/mol. The summed E-state index contributed by atoms with van der Waals surface area (Å²) in [5, 5.41) is 12.9. The molecule has 2 N–H and O–H groups in total. The summed E-state index contributed by atoms with van der Waals surface area (Å²) in [6.07, 6.45) is 6.05. The number of nitrogens with one attached hydrogen (secondary N) is 1. The van der Waals surface area contributed by atoms with E-state index >= 15 is 0 Å². The molecule has 0 saturated heterocycles. The summed E-state index contributed by atoms with van der Waals surface area (Å²) in [6.45, 7) is 2.11. The lowest BCUT2D eigenvalue weighted by Gasteiger charge is -2.36. The second-order valence-corrected chi connectivity index (χ2v) is 6.38. The first kappa shape index (κ1) is 15.8. The van der Waals surface area contributed by atoms with E-state index in [9.17, 15) is 14.7 Å². The van der Waals surface area contributed by atoms with Crippen LogP contribution in [0.2, 0.25) is 0 Å². The lowest BCUT2D eigenvalue weighted by atomic mass is 9.77. The highest BCUT2D eigenvalue weighted by Crippen LogP contribution is 2.32. The van der Waals surface area contributed by atoms with Crippen molar-refractivity contribution >= 4 is 23.6 Å². The van der Waals surface area contributed by atoms with Crippen LogP contribution in [0.3, 0.4) is 0 Å². The van der Waals surface area contributed by atoms with Crippen LogP contribution in [0.1, 0.15) is 43.0 Å². The van der Waals surface area contributed by atoms with Gasteiger partial charge in [0.05, 0.1) is 5.56 Å². The number of hydrogen-bond donors (Lipinski definition) is 2. The molecule has 0 bridgehead atoms. The van der Waals surface area contributed by atoms with Gasteiger partial charge in [-0.05, 0) is 50.0 Å². The maximum absolute atomic E-state index is 12.5. The Labute approximate surface area is 128 Å². The molecule has 0 atom stereocenters. The zero-order chi connectivity index (χ0) is 15.5. The number of amides is 1. The Morgan fingerprint density at radius 3 is 2.67 bits per heavy atom. The Kier molecular flexibility index (Phi) is 4.88. The van der Waals surface area contributed by atoms with Gasteiger partial charge in [0.15, 0.2) is 0 Å². The van der Waals surface area contributed by atoms with Gasteiger partial charge < -0.3 is 10.4 Å². The monoisotopic (exact) mass is 308 g/mol. The maximum Gasteiger partial charge on any atom is 0.329 e. The Balaban J connectivity index is 2.21. The van der Waals surface area contributed by atoms with Gasteiger partial charge in [0.2, 0.25) is 0 Å². The quantitative estimate of drug-likeness (QED) is 0.836. The van der Waals surface area contributed by atoms with Crippen molar-refractivity contribution in [2.75, 3.05) is 6.26 Å². The molecule has 1 aromatic rings. The summed E-state index contributed by atoms with van der Waals surface area (Å²) in [4.78, 5) is 28.3. The Morgan fingerprint density at radius 2 is 2.10 bits per heavy atom. The number of carboxylic acid groups (broad SMARTS) is 1. The average molecular weight is 308 g/mol. The van der Waals surface area contributed by atoms with E-state index < -0.39 is 11.5 Å². The second kappa shape index (κ2) is 6.47. The van der Waals surface area contributed by atoms with Crippen LogP contribution < -0.4 is 5.32 Å². The third-order valence-electron chi connectivity index (χ3n) is 4.10. The number of pyridine rings is 1. The molecule has 1 fully saturated rings. The predicted octanol–water partition coefficient (Wildman–Crippen LogP) is 2.57. The normalized spacial score (nSPS) is 25.3. The van der Waals surface area contributed by atoms with Gasteiger partial charge in [0, 0.05) is 6.20 Å². The van der Waals surface area contributed by atoms with Crippen molar-refractivity contribution in [3.05, 3.63) is 23.9 Å². The van der Waals surface area contributed by atoms with Crippen molar-refractivity contribution in [3.8, 4) is 0 Å². The number of thioether (sulfide) groups is 1. The summed E-state index contributed by atoms with van der Waals surface area (Å²) in [5.41, 5.74) is -0.709. The third kappa shape index (κ3) is 3.37. The van der Waals surface area contributed by atoms with Crippen molar-refractivity contribution in [2.45, 2.75) is 43.2 Å². The molecule has 0 aliphatic heterocycles. The minimum Gasteiger partial charge on any atom is -0.480 e. The van der Waals surface area contributed by atoms with Crippen molar-refractivity contribution in [1.82, 2.24) is 10.3 Å². The molecule has 0 unspecified atom stereocenters. The van der Waals surface area contributed by atoms with Crippen LogP contribution in [0.4, 0.5) is 0 Å². The van der Waals surface area contributed by atoms with E-state index in [0.717, 1.165) is 12.8 Å². The fourth-order valence-corrected chi connectivity index (χ4v) is 3.21. The molecule has 1 saturated carbocycles. The lowest BCUT2D eigenvalue weighted by Crippen LogP contribution is -2.56. The number of nitrogens with zero attached hydrogens (tertiary/aromatic N) is 1. The summed E-state index contributed by atoms with van der Waals surface area (Å²) >= 11 is 1.37. The summed E-state index contributed by atoms with van der Waals surface area (Å²) in [7, 11) is 0. The largest absolute Gasteiger partial charge is 0.480 e. The molecule has 6 heteroatoms. The highest BCUT2D eigenvalue weighted by atomic mass is 32.2. The van der Waals surface area contributed by atoms with E-state index in [1.807, 2.05) is 6.26 Å². The first-order chi connectivity index (χ1) is 9.98. The fraction of sp³-hybridized carbons (Fsp3) is 0.533. The Morgan fingerprint density at radius 1 is 1.43 bits per heavy atom. The molecule has 21 heavy (non-hydrogen) atoms. The smallest absolute Gasteiger partial charge is 0.329 e. The molecule has 0 spiro atoms. The topological polar surface area (TPSA) is 79.3 Å². The highest BCUT2D eigenvalue weighted by Gasteiger charge is 2.42. The first-order valence-corrected chi connectivity index (χ1v) is 8.26. The second-order valence-electron chi connectivity index (χ2n) is 5.58. The number of hydrogen-bond acceptors (Lipinski definition) is 4. The number of carbonyl (C=O) groups excluding carboxylic acids is 1. The van der Waals surface area contributed by atoms with Crippen LogP contribution in [0, 0.1) is 5.92 Å². The Bertz CT molecular complexity index is 539. The van der Waals surface area contributed by atoms with Gasteiger partial charge in [-0.15, -0.1) is 11.8 Å². The van der Waals surface area contributed by atoms with Crippen molar-refractivity contribution in [1.29, 1.82) is 0 Å². The maximum atomic E-state index is 12.5. The molecule has 0 radical (unpaired) electrons. The van der Waals surface area contributed by atoms with Crippen molar-refractivity contribution in [2.24, 2.45) is 5.92 Å². The minimum absolute atomic E-state index is 0.357. The first-order valence-electron chi connectivity index (χ1n) is 7.03. The molecule has 5 nitrogen and oxygen atoms in total. The van der Waals surface area contributed by atoms with Crippen LogP contribution >= 0.6 is 11.8 Å². The van der Waals surface area contributed by atoms with E-state index in [4.69, 9.17) is 0 Å². The zero-order valence-electron chi connectivity index (χ0n) is 12.3. The minimum atomic E-state index is -1.14. The zero-order valence-corrected chi connectivity index (χ0v) is 13.1. The fourth-order valence-electron chi connectivity index (χ4n) is 2.66. The highest BCUT2D eigenvalue weighted by molar-refractivity contribution is 7.98. The number of carboxylic acids is 1. The van der Waals surface area contributed by atoms with E-state index in [-0.39, 0.29) is 5.91 Å². The number of rotatable bonds is 4. The molecule has 1 aliphatic carbocycles. The van der Waals surface area contributed by atoms with Gasteiger partial charge in [0.25, 0.3) is 5.91 Å². The van der Waals surface area contributed by atoms with Crippen LogP contribution in [0.5, 0.6) is 0 Å². The number of aromatic nitrogens is 1. The predicted molar refractivity (Wildman–Crippen MR) is 81.5 cm³/mol. The molecule has 114 valence electrons. The van der Waals surface area contributed by atoms with Crippen LogP contribution in [-0.2, 0) is 4.79 Å². The lowest BCUT2D eigenvalue weighted by molar-refractivity contribution is -0.146. The number of aliphatic carboxylic acids is 1. The van der Waals surface area contributed by atoms with E-state index in [2.05, 4.69) is 17.2 Å². The molecule has 1 heterocycles. The van der Waals surface area contributed by atoms with E-state index in [1.54, 1.807) is 18.3 Å². The average Bonchev–Trinajstić information content (AvgIpc) is 2.49. The van der Waals surface area contributed by atoms with Gasteiger partial charge in [-0.1, -0.05) is 6.92 Å². The molecule has 1 aliphatic rings. The van der Waals surface area contributed by atoms with E-state index in [0.29, 0.717) is 29.3 Å². The molecule has 2 rings (SSSR count). The SMILES string of the molecule is CSc1ncccc1C(=O)NC1(C(=O)O)CCC(C)CC1.